The molecule has 27 heavy (non-hydrogen) atoms. The first-order chi connectivity index (χ1) is 13.2. The zero-order valence-corrected chi connectivity index (χ0v) is 15.9. The van der Waals surface area contributed by atoms with Crippen molar-refractivity contribution in [2.45, 2.75) is 39.7 Å². The highest BCUT2D eigenvalue weighted by atomic mass is 16.5. The first-order valence-electron chi connectivity index (χ1n) is 9.37. The van der Waals surface area contributed by atoms with Crippen molar-refractivity contribution in [1.82, 2.24) is 15.0 Å². The van der Waals surface area contributed by atoms with Gasteiger partial charge < -0.3 is 9.42 Å². The lowest BCUT2D eigenvalue weighted by atomic mass is 10.1. The number of benzene rings is 2. The number of carbonyl (C=O) groups is 1. The smallest absolute Gasteiger partial charge is 0.246 e. The van der Waals surface area contributed by atoms with Gasteiger partial charge >= 0.3 is 0 Å². The number of aromatic nitrogens is 2. The molecule has 2 aromatic carbocycles. The zero-order chi connectivity index (χ0) is 19.1. The predicted octanol–water partition coefficient (Wildman–Crippen LogP) is 4.42. The van der Waals surface area contributed by atoms with Gasteiger partial charge in [0, 0.05) is 18.5 Å². The average Bonchev–Trinajstić information content (AvgIpc) is 3.16. The van der Waals surface area contributed by atoms with Crippen LogP contribution in [-0.2, 0) is 17.8 Å². The number of aryl methyl sites for hydroxylation is 2. The molecule has 0 saturated carbocycles. The molecule has 5 nitrogen and oxygen atoms in total. The SMILES string of the molecule is CCN(Cc1nc(-c2ccc(C)cc2)no1)C(=O)CCCc1ccccc1. The summed E-state index contributed by atoms with van der Waals surface area (Å²) in [6, 6.07) is 18.2. The third-order valence-corrected chi connectivity index (χ3v) is 4.54. The lowest BCUT2D eigenvalue weighted by Crippen LogP contribution is -2.30. The summed E-state index contributed by atoms with van der Waals surface area (Å²) >= 11 is 0. The first kappa shape index (κ1) is 18.8. The molecule has 0 saturated heterocycles. The van der Waals surface area contributed by atoms with Gasteiger partial charge in [0.25, 0.3) is 0 Å². The minimum absolute atomic E-state index is 0.114. The summed E-state index contributed by atoms with van der Waals surface area (Å²) in [5, 5.41) is 4.04. The van der Waals surface area contributed by atoms with Crippen molar-refractivity contribution in [2.24, 2.45) is 0 Å². The number of hydrogen-bond acceptors (Lipinski definition) is 4. The van der Waals surface area contributed by atoms with E-state index in [0.717, 1.165) is 18.4 Å². The molecular weight excluding hydrogens is 338 g/mol. The van der Waals surface area contributed by atoms with E-state index >= 15 is 0 Å². The van der Waals surface area contributed by atoms with Crippen molar-refractivity contribution < 1.29 is 9.32 Å². The minimum Gasteiger partial charge on any atom is -0.337 e. The zero-order valence-electron chi connectivity index (χ0n) is 15.9. The fraction of sp³-hybridized carbons (Fsp3) is 0.318. The summed E-state index contributed by atoms with van der Waals surface area (Å²) in [7, 11) is 0. The van der Waals surface area contributed by atoms with E-state index in [4.69, 9.17) is 4.52 Å². The number of carbonyl (C=O) groups excluding carboxylic acids is 1. The van der Waals surface area contributed by atoms with Gasteiger partial charge in [-0.3, -0.25) is 4.79 Å². The van der Waals surface area contributed by atoms with Crippen LogP contribution in [0.15, 0.2) is 59.1 Å². The van der Waals surface area contributed by atoms with Crippen LogP contribution in [0.5, 0.6) is 0 Å². The minimum atomic E-state index is 0.114. The van der Waals surface area contributed by atoms with Gasteiger partial charge in [-0.2, -0.15) is 4.98 Å². The highest BCUT2D eigenvalue weighted by Gasteiger charge is 2.16. The molecule has 0 aliphatic rings. The largest absolute Gasteiger partial charge is 0.337 e. The Labute approximate surface area is 160 Å². The van der Waals surface area contributed by atoms with Crippen molar-refractivity contribution in [2.75, 3.05) is 6.54 Å². The lowest BCUT2D eigenvalue weighted by molar-refractivity contribution is -0.132. The standard InChI is InChI=1S/C22H25N3O2/c1-3-25(21(26)11-7-10-18-8-5-4-6-9-18)16-20-23-22(24-27-20)19-14-12-17(2)13-15-19/h4-6,8-9,12-15H,3,7,10-11,16H2,1-2H3. The second kappa shape index (κ2) is 9.12. The van der Waals surface area contributed by atoms with E-state index in [9.17, 15) is 4.79 Å². The molecular formula is C22H25N3O2. The number of amides is 1. The Morgan fingerprint density at radius 2 is 1.81 bits per heavy atom. The predicted molar refractivity (Wildman–Crippen MR) is 105 cm³/mol. The van der Waals surface area contributed by atoms with Crippen molar-refractivity contribution in [3.8, 4) is 11.4 Å². The van der Waals surface area contributed by atoms with Crippen LogP contribution in [0.3, 0.4) is 0 Å². The van der Waals surface area contributed by atoms with E-state index in [1.807, 2.05) is 56.3 Å². The maximum atomic E-state index is 12.5. The Kier molecular flexibility index (Phi) is 6.36. The highest BCUT2D eigenvalue weighted by molar-refractivity contribution is 5.76. The molecule has 1 aromatic heterocycles. The van der Waals surface area contributed by atoms with E-state index in [1.165, 1.54) is 11.1 Å². The average molecular weight is 363 g/mol. The highest BCUT2D eigenvalue weighted by Crippen LogP contribution is 2.17. The van der Waals surface area contributed by atoms with Gasteiger partial charge in [0.2, 0.25) is 17.6 Å². The van der Waals surface area contributed by atoms with Crippen LogP contribution < -0.4 is 0 Å². The van der Waals surface area contributed by atoms with Crippen LogP contribution >= 0.6 is 0 Å². The summed E-state index contributed by atoms with van der Waals surface area (Å²) in [6.07, 6.45) is 2.25. The van der Waals surface area contributed by atoms with Crippen molar-refractivity contribution >= 4 is 5.91 Å². The molecule has 3 aromatic rings. The number of hydrogen-bond donors (Lipinski definition) is 0. The normalized spacial score (nSPS) is 10.7. The summed E-state index contributed by atoms with van der Waals surface area (Å²) in [5.74, 6) is 1.13. The van der Waals surface area contributed by atoms with Gasteiger partial charge in [-0.25, -0.2) is 0 Å². The summed E-state index contributed by atoms with van der Waals surface area (Å²) < 4.78 is 5.35. The van der Waals surface area contributed by atoms with Crippen LogP contribution in [0, 0.1) is 6.92 Å². The molecule has 1 heterocycles. The van der Waals surface area contributed by atoms with Gasteiger partial charge in [0.15, 0.2) is 0 Å². The number of nitrogens with zero attached hydrogens (tertiary/aromatic N) is 3. The molecule has 140 valence electrons. The maximum absolute atomic E-state index is 12.5. The molecule has 3 rings (SSSR count). The molecule has 0 atom stereocenters. The van der Waals surface area contributed by atoms with Gasteiger partial charge in [-0.15, -0.1) is 0 Å². The van der Waals surface area contributed by atoms with Crippen molar-refractivity contribution in [1.29, 1.82) is 0 Å². The Bertz CT molecular complexity index is 857. The second-order valence-electron chi connectivity index (χ2n) is 6.62. The Hall–Kier alpha value is -2.95. The Morgan fingerprint density at radius 3 is 2.52 bits per heavy atom. The lowest BCUT2D eigenvalue weighted by Gasteiger charge is -2.18. The Balaban J connectivity index is 1.54. The van der Waals surface area contributed by atoms with Crippen LogP contribution in [-0.4, -0.2) is 27.5 Å². The molecule has 0 unspecified atom stereocenters. The van der Waals surface area contributed by atoms with Crippen molar-refractivity contribution in [3.05, 3.63) is 71.6 Å². The van der Waals surface area contributed by atoms with E-state index in [1.54, 1.807) is 4.90 Å². The summed E-state index contributed by atoms with van der Waals surface area (Å²) in [4.78, 5) is 18.7. The first-order valence-corrected chi connectivity index (χ1v) is 9.37. The fourth-order valence-electron chi connectivity index (χ4n) is 2.93. The molecule has 5 heteroatoms. The topological polar surface area (TPSA) is 59.2 Å². The third kappa shape index (κ3) is 5.26. The van der Waals surface area contributed by atoms with Gasteiger partial charge in [0.1, 0.15) is 0 Å². The molecule has 0 N–H and O–H groups in total. The quantitative estimate of drug-likeness (QED) is 0.594. The summed E-state index contributed by atoms with van der Waals surface area (Å²) in [6.45, 7) is 4.96. The van der Waals surface area contributed by atoms with Crippen LogP contribution in [0.1, 0.15) is 36.8 Å². The van der Waals surface area contributed by atoms with Crippen LogP contribution in [0.4, 0.5) is 0 Å². The van der Waals surface area contributed by atoms with E-state index < -0.39 is 0 Å². The third-order valence-electron chi connectivity index (χ3n) is 4.54. The second-order valence-corrected chi connectivity index (χ2v) is 6.62. The van der Waals surface area contributed by atoms with Crippen LogP contribution in [0.25, 0.3) is 11.4 Å². The fourth-order valence-corrected chi connectivity index (χ4v) is 2.93. The van der Waals surface area contributed by atoms with E-state index in [2.05, 4.69) is 22.3 Å². The van der Waals surface area contributed by atoms with E-state index in [0.29, 0.717) is 31.2 Å². The van der Waals surface area contributed by atoms with Crippen LogP contribution in [0.2, 0.25) is 0 Å². The molecule has 0 spiro atoms. The van der Waals surface area contributed by atoms with Gasteiger partial charge in [-0.05, 0) is 32.3 Å². The Morgan fingerprint density at radius 1 is 1.07 bits per heavy atom. The summed E-state index contributed by atoms with van der Waals surface area (Å²) in [5.41, 5.74) is 3.35. The molecule has 0 fully saturated rings. The van der Waals surface area contributed by atoms with Gasteiger partial charge in [0.05, 0.1) is 6.54 Å². The van der Waals surface area contributed by atoms with E-state index in [-0.39, 0.29) is 5.91 Å². The molecule has 0 radical (unpaired) electrons. The molecule has 0 bridgehead atoms. The van der Waals surface area contributed by atoms with Crippen molar-refractivity contribution in [3.63, 3.8) is 0 Å². The monoisotopic (exact) mass is 363 g/mol. The molecule has 0 aliphatic heterocycles. The maximum Gasteiger partial charge on any atom is 0.246 e. The van der Waals surface area contributed by atoms with Gasteiger partial charge in [-0.1, -0.05) is 65.3 Å². The number of rotatable bonds is 8. The molecule has 1 amide bonds. The molecule has 0 aliphatic carbocycles.